The monoisotopic (exact) mass is 379 g/mol. The first kappa shape index (κ1) is 18.1. The lowest BCUT2D eigenvalue weighted by Crippen LogP contribution is -2.32. The molecule has 2 aromatic carbocycles. The first-order valence-electron chi connectivity index (χ1n) is 9.17. The molecule has 7 heteroatoms. The number of benzene rings is 2. The van der Waals surface area contributed by atoms with E-state index in [0.717, 1.165) is 5.56 Å². The molecule has 0 fully saturated rings. The molecule has 1 atom stereocenters. The predicted octanol–water partition coefficient (Wildman–Crippen LogP) is 2.72. The Labute approximate surface area is 162 Å². The first-order chi connectivity index (χ1) is 13.7. The van der Waals surface area contributed by atoms with Crippen molar-refractivity contribution in [1.82, 2.24) is 15.1 Å². The van der Waals surface area contributed by atoms with Gasteiger partial charge in [-0.3, -0.25) is 9.89 Å². The van der Waals surface area contributed by atoms with E-state index in [1.165, 1.54) is 0 Å². The molecule has 0 saturated heterocycles. The van der Waals surface area contributed by atoms with Gasteiger partial charge in [0.2, 0.25) is 0 Å². The van der Waals surface area contributed by atoms with Gasteiger partial charge in [0, 0.05) is 17.7 Å². The Bertz CT molecular complexity index is 1010. The highest BCUT2D eigenvalue weighted by Crippen LogP contribution is 2.44. The van der Waals surface area contributed by atoms with Crippen molar-refractivity contribution in [3.8, 4) is 22.8 Å². The number of aromatic nitrogens is 2. The number of para-hydroxylation sites is 1. The molecule has 1 aliphatic rings. The van der Waals surface area contributed by atoms with Crippen LogP contribution < -0.4 is 4.74 Å². The van der Waals surface area contributed by atoms with Crippen molar-refractivity contribution < 1.29 is 19.7 Å². The molecule has 7 nitrogen and oxygen atoms in total. The van der Waals surface area contributed by atoms with E-state index in [2.05, 4.69) is 10.2 Å². The van der Waals surface area contributed by atoms with Crippen LogP contribution in [-0.4, -0.2) is 51.0 Å². The maximum atomic E-state index is 13.0. The molecule has 144 valence electrons. The maximum absolute atomic E-state index is 13.0. The zero-order chi connectivity index (χ0) is 19.7. The number of aliphatic hydroxyl groups excluding tert-OH is 1. The van der Waals surface area contributed by atoms with E-state index in [1.54, 1.807) is 23.1 Å². The fraction of sp³-hybridized carbons (Fsp3) is 0.238. The number of aromatic amines is 1. The molecule has 3 aromatic rings. The molecule has 3 N–H and O–H groups in total. The number of carbonyl (C=O) groups is 1. The van der Waals surface area contributed by atoms with Crippen LogP contribution in [0.25, 0.3) is 11.3 Å². The lowest BCUT2D eigenvalue weighted by Gasteiger charge is -2.26. The van der Waals surface area contributed by atoms with Crippen LogP contribution in [0.5, 0.6) is 11.5 Å². The number of aromatic hydroxyl groups is 1. The van der Waals surface area contributed by atoms with Crippen molar-refractivity contribution in [2.45, 2.75) is 13.0 Å². The van der Waals surface area contributed by atoms with Crippen molar-refractivity contribution >= 4 is 5.91 Å². The van der Waals surface area contributed by atoms with Crippen molar-refractivity contribution in [3.05, 3.63) is 65.4 Å². The number of amides is 1. The number of nitrogens with zero attached hydrogens (tertiary/aromatic N) is 2. The molecule has 28 heavy (non-hydrogen) atoms. The molecule has 0 unspecified atom stereocenters. The number of ether oxygens (including phenoxy) is 1. The molecular weight excluding hydrogens is 358 g/mol. The Morgan fingerprint density at radius 3 is 2.79 bits per heavy atom. The minimum Gasteiger partial charge on any atom is -0.507 e. The van der Waals surface area contributed by atoms with Crippen molar-refractivity contribution in [1.29, 1.82) is 0 Å². The molecule has 1 amide bonds. The molecule has 0 aliphatic carbocycles. The summed E-state index contributed by atoms with van der Waals surface area (Å²) in [6.45, 7) is 2.48. The van der Waals surface area contributed by atoms with Gasteiger partial charge >= 0.3 is 0 Å². The number of fused-ring (bicyclic) bond motifs is 1. The molecular formula is C21H21N3O4. The molecule has 1 aromatic heterocycles. The van der Waals surface area contributed by atoms with E-state index in [9.17, 15) is 15.0 Å². The smallest absolute Gasteiger partial charge is 0.273 e. The third kappa shape index (κ3) is 2.90. The quantitative estimate of drug-likeness (QED) is 0.612. The van der Waals surface area contributed by atoms with E-state index in [4.69, 9.17) is 4.74 Å². The lowest BCUT2D eigenvalue weighted by atomic mass is 9.95. The van der Waals surface area contributed by atoms with Crippen LogP contribution in [0.4, 0.5) is 0 Å². The second-order valence-corrected chi connectivity index (χ2v) is 6.51. The fourth-order valence-corrected chi connectivity index (χ4v) is 3.70. The van der Waals surface area contributed by atoms with Crippen molar-refractivity contribution in [2.24, 2.45) is 0 Å². The van der Waals surface area contributed by atoms with Crippen LogP contribution in [0.15, 0.2) is 48.5 Å². The molecule has 0 spiro atoms. The van der Waals surface area contributed by atoms with Crippen LogP contribution in [-0.2, 0) is 0 Å². The topological polar surface area (TPSA) is 98.7 Å². The second-order valence-electron chi connectivity index (χ2n) is 6.51. The molecule has 0 saturated carbocycles. The summed E-state index contributed by atoms with van der Waals surface area (Å²) < 4.78 is 5.62. The number of hydrogen-bond donors (Lipinski definition) is 3. The van der Waals surface area contributed by atoms with E-state index in [1.807, 2.05) is 37.3 Å². The summed E-state index contributed by atoms with van der Waals surface area (Å²) in [7, 11) is 0. The van der Waals surface area contributed by atoms with Crippen LogP contribution in [0.3, 0.4) is 0 Å². The van der Waals surface area contributed by atoms with Gasteiger partial charge in [-0.2, -0.15) is 5.10 Å². The van der Waals surface area contributed by atoms with Gasteiger partial charge in [0.1, 0.15) is 22.9 Å². The summed E-state index contributed by atoms with van der Waals surface area (Å²) in [5.74, 6) is 0.564. The zero-order valence-electron chi connectivity index (χ0n) is 15.4. The number of aliphatic hydroxyl groups is 1. The number of rotatable bonds is 6. The van der Waals surface area contributed by atoms with Crippen molar-refractivity contribution in [2.75, 3.05) is 19.8 Å². The molecule has 0 bridgehead atoms. The standard InChI is InChI=1S/C21H21N3O4/c1-2-28-14-7-5-6-13(12-14)20-17-18(15-8-3-4-9-16(15)26)22-23-19(17)21(27)24(20)10-11-25/h3-9,12,20,25-26H,2,10-11H2,1H3,(H,22,23)/t20-/m1/s1. The van der Waals surface area contributed by atoms with Gasteiger partial charge in [-0.25, -0.2) is 0 Å². The highest BCUT2D eigenvalue weighted by molar-refractivity contribution is 6.00. The van der Waals surface area contributed by atoms with Crippen LogP contribution >= 0.6 is 0 Å². The van der Waals surface area contributed by atoms with E-state index < -0.39 is 6.04 Å². The number of nitrogens with one attached hydrogen (secondary N) is 1. The summed E-state index contributed by atoms with van der Waals surface area (Å²) in [6.07, 6.45) is 0. The number of H-pyrrole nitrogens is 1. The summed E-state index contributed by atoms with van der Waals surface area (Å²) in [5, 5.41) is 27.0. The van der Waals surface area contributed by atoms with E-state index >= 15 is 0 Å². The normalized spacial score (nSPS) is 15.7. The number of β-amino-alcohol motifs (C(OH)–C–C–N with tert-alkyl or cyclic N) is 1. The Hall–Kier alpha value is -3.32. The predicted molar refractivity (Wildman–Crippen MR) is 103 cm³/mol. The summed E-state index contributed by atoms with van der Waals surface area (Å²) in [4.78, 5) is 14.6. The Morgan fingerprint density at radius 2 is 2.04 bits per heavy atom. The molecule has 4 rings (SSSR count). The van der Waals surface area contributed by atoms with Gasteiger partial charge in [-0.1, -0.05) is 24.3 Å². The third-order valence-corrected chi connectivity index (χ3v) is 4.85. The van der Waals surface area contributed by atoms with E-state index in [0.29, 0.717) is 34.9 Å². The molecule has 2 heterocycles. The Morgan fingerprint density at radius 1 is 1.21 bits per heavy atom. The van der Waals surface area contributed by atoms with Gasteiger partial charge in [0.25, 0.3) is 5.91 Å². The summed E-state index contributed by atoms with van der Waals surface area (Å²) >= 11 is 0. The minimum absolute atomic E-state index is 0.0895. The molecule has 0 radical (unpaired) electrons. The number of carbonyl (C=O) groups excluding carboxylic acids is 1. The van der Waals surface area contributed by atoms with Crippen LogP contribution in [0.1, 0.15) is 34.6 Å². The zero-order valence-corrected chi connectivity index (χ0v) is 15.4. The summed E-state index contributed by atoms with van der Waals surface area (Å²) in [5.41, 5.74) is 2.98. The number of phenols is 1. The first-order valence-corrected chi connectivity index (χ1v) is 9.17. The maximum Gasteiger partial charge on any atom is 0.273 e. The number of hydrogen-bond acceptors (Lipinski definition) is 5. The highest BCUT2D eigenvalue weighted by Gasteiger charge is 2.42. The lowest BCUT2D eigenvalue weighted by molar-refractivity contribution is 0.0706. The highest BCUT2D eigenvalue weighted by atomic mass is 16.5. The SMILES string of the molecule is CCOc1cccc([C@@H]2c3c(-c4ccccc4O)n[nH]c3C(=O)N2CCO)c1. The van der Waals surface area contributed by atoms with E-state index in [-0.39, 0.29) is 24.8 Å². The Balaban J connectivity index is 1.89. The largest absolute Gasteiger partial charge is 0.507 e. The third-order valence-electron chi connectivity index (χ3n) is 4.85. The van der Waals surface area contributed by atoms with Gasteiger partial charge in [-0.15, -0.1) is 0 Å². The summed E-state index contributed by atoms with van der Waals surface area (Å²) in [6, 6.07) is 14.0. The minimum atomic E-state index is -0.441. The average Bonchev–Trinajstić information content (AvgIpc) is 3.23. The second kappa shape index (κ2) is 7.36. The van der Waals surface area contributed by atoms with Gasteiger partial charge < -0.3 is 19.8 Å². The fourth-order valence-electron chi connectivity index (χ4n) is 3.70. The van der Waals surface area contributed by atoms with Crippen molar-refractivity contribution in [3.63, 3.8) is 0 Å². The number of phenolic OH excluding ortho intramolecular Hbond substituents is 1. The molecule has 1 aliphatic heterocycles. The van der Waals surface area contributed by atoms with Crippen LogP contribution in [0, 0.1) is 0 Å². The van der Waals surface area contributed by atoms with Gasteiger partial charge in [-0.05, 0) is 36.8 Å². The van der Waals surface area contributed by atoms with Crippen LogP contribution in [0.2, 0.25) is 0 Å². The average molecular weight is 379 g/mol. The van der Waals surface area contributed by atoms with Gasteiger partial charge in [0.05, 0.1) is 19.3 Å². The van der Waals surface area contributed by atoms with Gasteiger partial charge in [0.15, 0.2) is 0 Å². The Kier molecular flexibility index (Phi) is 4.75.